The molecule has 2 amide bonds. The van der Waals surface area contributed by atoms with E-state index in [2.05, 4.69) is 4.98 Å². The molecular formula is C17H22N4O4S. The molecule has 0 radical (unpaired) electrons. The van der Waals surface area contributed by atoms with E-state index in [1.54, 1.807) is 37.6 Å². The minimum Gasteiger partial charge on any atom is -0.450 e. The van der Waals surface area contributed by atoms with Crippen LogP contribution in [0.1, 0.15) is 28.0 Å². The van der Waals surface area contributed by atoms with Gasteiger partial charge in [-0.25, -0.2) is 9.78 Å². The molecule has 0 aromatic carbocycles. The quantitative estimate of drug-likeness (QED) is 0.791. The van der Waals surface area contributed by atoms with Crippen molar-refractivity contribution in [3.05, 3.63) is 26.6 Å². The Hall–Kier alpha value is -2.42. The second-order valence-electron chi connectivity index (χ2n) is 6.24. The van der Waals surface area contributed by atoms with Crippen LogP contribution in [0.3, 0.4) is 0 Å². The number of piperazine rings is 1. The Kier molecular flexibility index (Phi) is 4.99. The normalized spacial score (nSPS) is 14.8. The van der Waals surface area contributed by atoms with Gasteiger partial charge in [0.1, 0.15) is 10.7 Å². The van der Waals surface area contributed by atoms with Crippen molar-refractivity contribution >= 4 is 33.6 Å². The summed E-state index contributed by atoms with van der Waals surface area (Å²) in [5.41, 5.74) is 0.545. The molecule has 9 heteroatoms. The summed E-state index contributed by atoms with van der Waals surface area (Å²) in [6.45, 7) is 7.42. The Balaban J connectivity index is 1.83. The van der Waals surface area contributed by atoms with Crippen LogP contribution in [0, 0.1) is 13.8 Å². The smallest absolute Gasteiger partial charge is 0.409 e. The number of nitrogens with zero attached hydrogens (tertiary/aromatic N) is 4. The van der Waals surface area contributed by atoms with Gasteiger partial charge in [-0.2, -0.15) is 0 Å². The van der Waals surface area contributed by atoms with Gasteiger partial charge in [0.15, 0.2) is 0 Å². The Labute approximate surface area is 155 Å². The molecule has 140 valence electrons. The zero-order valence-corrected chi connectivity index (χ0v) is 16.2. The molecule has 1 aliphatic heterocycles. The van der Waals surface area contributed by atoms with Crippen molar-refractivity contribution in [2.75, 3.05) is 32.8 Å². The van der Waals surface area contributed by atoms with E-state index in [1.807, 2.05) is 0 Å². The first-order chi connectivity index (χ1) is 12.3. The fourth-order valence-electron chi connectivity index (χ4n) is 3.02. The highest BCUT2D eigenvalue weighted by atomic mass is 32.1. The number of ether oxygens (including phenoxy) is 1. The predicted molar refractivity (Wildman–Crippen MR) is 98.8 cm³/mol. The first kappa shape index (κ1) is 18.4. The van der Waals surface area contributed by atoms with Gasteiger partial charge in [0, 0.05) is 33.2 Å². The number of hydrogen-bond acceptors (Lipinski definition) is 6. The second-order valence-corrected chi connectivity index (χ2v) is 7.24. The Bertz CT molecular complexity index is 925. The van der Waals surface area contributed by atoms with Crippen molar-refractivity contribution < 1.29 is 14.3 Å². The maximum Gasteiger partial charge on any atom is 0.409 e. The first-order valence-corrected chi connectivity index (χ1v) is 9.34. The number of amides is 2. The van der Waals surface area contributed by atoms with E-state index in [-0.39, 0.29) is 17.6 Å². The third kappa shape index (κ3) is 3.07. The average Bonchev–Trinajstić information content (AvgIpc) is 2.95. The zero-order chi connectivity index (χ0) is 19.0. The molecule has 2 aromatic heterocycles. The Morgan fingerprint density at radius 3 is 2.38 bits per heavy atom. The highest BCUT2D eigenvalue weighted by Gasteiger charge is 2.28. The van der Waals surface area contributed by atoms with Crippen molar-refractivity contribution in [2.45, 2.75) is 20.8 Å². The number of thiophene rings is 1. The molecule has 26 heavy (non-hydrogen) atoms. The molecule has 8 nitrogen and oxygen atoms in total. The van der Waals surface area contributed by atoms with Crippen LogP contribution in [0.15, 0.2) is 4.79 Å². The highest BCUT2D eigenvalue weighted by molar-refractivity contribution is 7.20. The lowest BCUT2D eigenvalue weighted by atomic mass is 10.2. The molecule has 2 aromatic rings. The number of fused-ring (bicyclic) bond motifs is 1. The molecule has 1 saturated heterocycles. The average molecular weight is 378 g/mol. The van der Waals surface area contributed by atoms with Gasteiger partial charge in [0.05, 0.1) is 16.9 Å². The SMILES string of the molecule is CCOC(=O)N1CCN(C(=O)c2sc3nc(C)n(C)c(=O)c3c2C)CC1. The highest BCUT2D eigenvalue weighted by Crippen LogP contribution is 2.28. The maximum absolute atomic E-state index is 12.9. The summed E-state index contributed by atoms with van der Waals surface area (Å²) in [6.07, 6.45) is -0.346. The molecular weight excluding hydrogens is 356 g/mol. The number of rotatable bonds is 2. The molecule has 1 fully saturated rings. The van der Waals surface area contributed by atoms with Gasteiger partial charge >= 0.3 is 6.09 Å². The minimum absolute atomic E-state index is 0.117. The van der Waals surface area contributed by atoms with Crippen molar-refractivity contribution in [1.82, 2.24) is 19.4 Å². The number of aryl methyl sites for hydroxylation is 2. The van der Waals surface area contributed by atoms with Gasteiger partial charge < -0.3 is 14.5 Å². The van der Waals surface area contributed by atoms with Crippen LogP contribution in [-0.2, 0) is 11.8 Å². The largest absolute Gasteiger partial charge is 0.450 e. The molecule has 0 aliphatic carbocycles. The van der Waals surface area contributed by atoms with Crippen molar-refractivity contribution in [3.63, 3.8) is 0 Å². The van der Waals surface area contributed by atoms with Crippen molar-refractivity contribution in [2.24, 2.45) is 7.05 Å². The third-order valence-corrected chi connectivity index (χ3v) is 5.86. The summed E-state index contributed by atoms with van der Waals surface area (Å²) in [6, 6.07) is 0. The molecule has 0 spiro atoms. The molecule has 3 heterocycles. The summed E-state index contributed by atoms with van der Waals surface area (Å²) in [5.74, 6) is 0.500. The van der Waals surface area contributed by atoms with E-state index < -0.39 is 0 Å². The zero-order valence-electron chi connectivity index (χ0n) is 15.4. The fraction of sp³-hybridized carbons (Fsp3) is 0.529. The van der Waals surface area contributed by atoms with Gasteiger partial charge in [0.25, 0.3) is 11.5 Å². The first-order valence-electron chi connectivity index (χ1n) is 8.52. The number of aromatic nitrogens is 2. The number of hydrogen-bond donors (Lipinski definition) is 0. The summed E-state index contributed by atoms with van der Waals surface area (Å²) in [4.78, 5) is 46.1. The Morgan fingerprint density at radius 1 is 1.15 bits per heavy atom. The van der Waals surface area contributed by atoms with E-state index >= 15 is 0 Å². The Morgan fingerprint density at radius 2 is 1.77 bits per heavy atom. The van der Waals surface area contributed by atoms with Crippen molar-refractivity contribution in [3.8, 4) is 0 Å². The van der Waals surface area contributed by atoms with E-state index in [4.69, 9.17) is 4.74 Å². The summed E-state index contributed by atoms with van der Waals surface area (Å²) in [5, 5.41) is 0.511. The lowest BCUT2D eigenvalue weighted by Crippen LogP contribution is -2.50. The van der Waals surface area contributed by atoms with Gasteiger partial charge in [-0.3, -0.25) is 14.2 Å². The molecule has 3 rings (SSSR count). The lowest BCUT2D eigenvalue weighted by molar-refractivity contribution is 0.0574. The molecule has 0 unspecified atom stereocenters. The topological polar surface area (TPSA) is 84.7 Å². The van der Waals surface area contributed by atoms with E-state index in [0.717, 1.165) is 0 Å². The van der Waals surface area contributed by atoms with Crippen LogP contribution >= 0.6 is 11.3 Å². The third-order valence-electron chi connectivity index (χ3n) is 4.68. The van der Waals surface area contributed by atoms with E-state index in [1.165, 1.54) is 15.9 Å². The van der Waals surface area contributed by atoms with Crippen LogP contribution < -0.4 is 5.56 Å². The van der Waals surface area contributed by atoms with Crippen molar-refractivity contribution in [1.29, 1.82) is 0 Å². The molecule has 0 atom stereocenters. The van der Waals surface area contributed by atoms with Gasteiger partial charge in [-0.05, 0) is 26.3 Å². The molecule has 1 aliphatic rings. The monoisotopic (exact) mass is 378 g/mol. The summed E-state index contributed by atoms with van der Waals surface area (Å²) >= 11 is 1.26. The number of carbonyl (C=O) groups is 2. The predicted octanol–water partition coefficient (Wildman–Crippen LogP) is 1.53. The van der Waals surface area contributed by atoms with Crippen LogP contribution in [0.2, 0.25) is 0 Å². The molecule has 0 N–H and O–H groups in total. The molecule has 0 bridgehead atoms. The standard InChI is InChI=1S/C17H22N4O4S/c1-5-25-17(24)21-8-6-20(7-9-21)16(23)13-10(2)12-14(26-13)18-11(3)19(4)15(12)22/h5-9H2,1-4H3. The minimum atomic E-state index is -0.346. The fourth-order valence-corrected chi connectivity index (χ4v) is 4.21. The second kappa shape index (κ2) is 7.06. The van der Waals surface area contributed by atoms with Gasteiger partial charge in [-0.1, -0.05) is 0 Å². The van der Waals surface area contributed by atoms with Crippen LogP contribution in [0.5, 0.6) is 0 Å². The van der Waals surface area contributed by atoms with Gasteiger partial charge in [0.2, 0.25) is 0 Å². The van der Waals surface area contributed by atoms with E-state index in [0.29, 0.717) is 59.3 Å². The number of carbonyl (C=O) groups excluding carboxylic acids is 2. The van der Waals surface area contributed by atoms with Crippen LogP contribution in [-0.4, -0.2) is 64.1 Å². The summed E-state index contributed by atoms with van der Waals surface area (Å²) in [7, 11) is 1.68. The van der Waals surface area contributed by atoms with E-state index in [9.17, 15) is 14.4 Å². The maximum atomic E-state index is 12.9. The van der Waals surface area contributed by atoms with Crippen LogP contribution in [0.4, 0.5) is 4.79 Å². The van der Waals surface area contributed by atoms with Crippen LogP contribution in [0.25, 0.3) is 10.2 Å². The lowest BCUT2D eigenvalue weighted by Gasteiger charge is -2.33. The summed E-state index contributed by atoms with van der Waals surface area (Å²) < 4.78 is 6.49. The molecule has 0 saturated carbocycles. The van der Waals surface area contributed by atoms with Gasteiger partial charge in [-0.15, -0.1) is 11.3 Å².